The first-order valence-electron chi connectivity index (χ1n) is 8.89. The Balaban J connectivity index is 1.92. The normalized spacial score (nSPS) is 15.6. The molecule has 134 valence electrons. The van der Waals surface area contributed by atoms with Crippen LogP contribution in [0.15, 0.2) is 18.2 Å². The lowest BCUT2D eigenvalue weighted by atomic mass is 10.1. The molecule has 2 heterocycles. The van der Waals surface area contributed by atoms with E-state index in [1.807, 2.05) is 45.9 Å². The first-order valence-corrected chi connectivity index (χ1v) is 8.89. The highest BCUT2D eigenvalue weighted by molar-refractivity contribution is 6.06. The third-order valence-corrected chi connectivity index (χ3v) is 4.68. The predicted octanol–water partition coefficient (Wildman–Crippen LogP) is 4.10. The van der Waals surface area contributed by atoms with Crippen molar-refractivity contribution in [1.82, 2.24) is 4.57 Å². The van der Waals surface area contributed by atoms with Gasteiger partial charge in [-0.3, -0.25) is 4.79 Å². The van der Waals surface area contributed by atoms with Crippen LogP contribution in [0.3, 0.4) is 0 Å². The van der Waals surface area contributed by atoms with Gasteiger partial charge in [0.05, 0.1) is 17.9 Å². The molecule has 0 fully saturated rings. The van der Waals surface area contributed by atoms with Gasteiger partial charge in [-0.25, -0.2) is 0 Å². The molecule has 0 radical (unpaired) electrons. The Labute approximate surface area is 148 Å². The fourth-order valence-corrected chi connectivity index (χ4v) is 3.52. The number of ether oxygens (including phenoxy) is 2. The summed E-state index contributed by atoms with van der Waals surface area (Å²) < 4.78 is 13.7. The van der Waals surface area contributed by atoms with Gasteiger partial charge in [-0.05, 0) is 46.8 Å². The predicted molar refractivity (Wildman–Crippen MR) is 98.9 cm³/mol. The van der Waals surface area contributed by atoms with Gasteiger partial charge in [0.2, 0.25) is 0 Å². The SMILES string of the molecule is CCOc1cc2c(cc1NC(=O)c1cc(C)n(CC)c1C)O[C@H](C)C2. The van der Waals surface area contributed by atoms with Gasteiger partial charge >= 0.3 is 0 Å². The van der Waals surface area contributed by atoms with Gasteiger partial charge in [0.15, 0.2) is 0 Å². The van der Waals surface area contributed by atoms with Gasteiger partial charge in [-0.2, -0.15) is 0 Å². The van der Waals surface area contributed by atoms with E-state index in [4.69, 9.17) is 9.47 Å². The van der Waals surface area contributed by atoms with Gasteiger partial charge in [0.1, 0.15) is 17.6 Å². The van der Waals surface area contributed by atoms with Crippen molar-refractivity contribution >= 4 is 11.6 Å². The van der Waals surface area contributed by atoms with Crippen LogP contribution >= 0.6 is 0 Å². The fourth-order valence-electron chi connectivity index (χ4n) is 3.52. The number of nitrogens with one attached hydrogen (secondary N) is 1. The number of benzene rings is 1. The summed E-state index contributed by atoms with van der Waals surface area (Å²) in [7, 11) is 0. The molecule has 1 aromatic heterocycles. The Bertz CT molecular complexity index is 808. The number of aromatic nitrogens is 1. The van der Waals surface area contributed by atoms with Crippen molar-refractivity contribution in [2.75, 3.05) is 11.9 Å². The second-order valence-electron chi connectivity index (χ2n) is 6.50. The van der Waals surface area contributed by atoms with Crippen molar-refractivity contribution in [2.24, 2.45) is 0 Å². The molecule has 5 nitrogen and oxygen atoms in total. The van der Waals surface area contributed by atoms with Gasteiger partial charge in [0.25, 0.3) is 5.91 Å². The van der Waals surface area contributed by atoms with Crippen LogP contribution in [0.25, 0.3) is 0 Å². The molecule has 1 aliphatic heterocycles. The molecule has 1 aromatic carbocycles. The first-order chi connectivity index (χ1) is 11.9. The number of amides is 1. The molecule has 1 atom stereocenters. The van der Waals surface area contributed by atoms with Gasteiger partial charge in [-0.15, -0.1) is 0 Å². The number of carbonyl (C=O) groups is 1. The molecule has 0 aliphatic carbocycles. The second-order valence-corrected chi connectivity index (χ2v) is 6.50. The van der Waals surface area contributed by atoms with Crippen LogP contribution in [0, 0.1) is 13.8 Å². The number of nitrogens with zero attached hydrogens (tertiary/aromatic N) is 1. The van der Waals surface area contributed by atoms with Crippen LogP contribution in [0.4, 0.5) is 5.69 Å². The number of rotatable bonds is 5. The lowest BCUT2D eigenvalue weighted by Crippen LogP contribution is -2.14. The topological polar surface area (TPSA) is 52.5 Å². The minimum Gasteiger partial charge on any atom is -0.492 e. The number of hydrogen-bond donors (Lipinski definition) is 1. The average molecular weight is 342 g/mol. The van der Waals surface area contributed by atoms with Crippen LogP contribution in [0.2, 0.25) is 0 Å². The monoisotopic (exact) mass is 342 g/mol. The summed E-state index contributed by atoms with van der Waals surface area (Å²) in [5, 5.41) is 3.00. The summed E-state index contributed by atoms with van der Waals surface area (Å²) in [6, 6.07) is 5.79. The second kappa shape index (κ2) is 6.82. The van der Waals surface area contributed by atoms with Crippen molar-refractivity contribution in [3.63, 3.8) is 0 Å². The Morgan fingerprint density at radius 3 is 2.72 bits per heavy atom. The minimum atomic E-state index is -0.125. The van der Waals surface area contributed by atoms with E-state index in [0.29, 0.717) is 23.6 Å². The van der Waals surface area contributed by atoms with Crippen molar-refractivity contribution in [2.45, 2.75) is 53.7 Å². The summed E-state index contributed by atoms with van der Waals surface area (Å²) in [6.07, 6.45) is 1.01. The van der Waals surface area contributed by atoms with Gasteiger partial charge in [0, 0.05) is 36.0 Å². The number of hydrogen-bond acceptors (Lipinski definition) is 3. The zero-order valence-corrected chi connectivity index (χ0v) is 15.6. The maximum atomic E-state index is 12.8. The summed E-state index contributed by atoms with van der Waals surface area (Å²) in [4.78, 5) is 12.8. The van der Waals surface area contributed by atoms with Crippen molar-refractivity contribution in [3.05, 3.63) is 40.7 Å². The molecule has 1 amide bonds. The highest BCUT2D eigenvalue weighted by Crippen LogP contribution is 2.38. The third-order valence-electron chi connectivity index (χ3n) is 4.68. The molecule has 0 spiro atoms. The number of anilines is 1. The summed E-state index contributed by atoms with van der Waals surface area (Å²) >= 11 is 0. The van der Waals surface area contributed by atoms with Crippen molar-refractivity contribution < 1.29 is 14.3 Å². The quantitative estimate of drug-likeness (QED) is 0.890. The van der Waals surface area contributed by atoms with Gasteiger partial charge in [-0.1, -0.05) is 0 Å². The van der Waals surface area contributed by atoms with E-state index in [2.05, 4.69) is 16.8 Å². The third kappa shape index (κ3) is 3.23. The molecule has 25 heavy (non-hydrogen) atoms. The van der Waals surface area contributed by atoms with E-state index in [1.165, 1.54) is 0 Å². The molecule has 0 unspecified atom stereocenters. The van der Waals surface area contributed by atoms with Gasteiger partial charge < -0.3 is 19.4 Å². The average Bonchev–Trinajstić information content (AvgIpc) is 3.05. The molecule has 1 N–H and O–H groups in total. The van der Waals surface area contributed by atoms with E-state index in [0.717, 1.165) is 35.7 Å². The Morgan fingerprint density at radius 2 is 2.08 bits per heavy atom. The summed E-state index contributed by atoms with van der Waals surface area (Å²) in [5.41, 5.74) is 4.53. The van der Waals surface area contributed by atoms with Crippen LogP contribution < -0.4 is 14.8 Å². The molecule has 1 aliphatic rings. The lowest BCUT2D eigenvalue weighted by Gasteiger charge is -2.14. The fraction of sp³-hybridized carbons (Fsp3) is 0.450. The number of fused-ring (bicyclic) bond motifs is 1. The standard InChI is InChI=1S/C20H26N2O3/c1-6-22-12(3)8-16(14(22)5)20(23)21-17-11-18-15(9-13(4)25-18)10-19(17)24-7-2/h8,10-11,13H,6-7,9H2,1-5H3,(H,21,23)/t13-/m1/s1. The molecular formula is C20H26N2O3. The summed E-state index contributed by atoms with van der Waals surface area (Å²) in [5.74, 6) is 1.39. The Morgan fingerprint density at radius 1 is 1.32 bits per heavy atom. The zero-order chi connectivity index (χ0) is 18.1. The van der Waals surface area contributed by atoms with E-state index < -0.39 is 0 Å². The van der Waals surface area contributed by atoms with Crippen molar-refractivity contribution in [3.8, 4) is 11.5 Å². The van der Waals surface area contributed by atoms with E-state index in [-0.39, 0.29) is 12.0 Å². The molecule has 2 aromatic rings. The largest absolute Gasteiger partial charge is 0.492 e. The maximum Gasteiger partial charge on any atom is 0.257 e. The highest BCUT2D eigenvalue weighted by atomic mass is 16.5. The number of carbonyl (C=O) groups excluding carboxylic acids is 1. The van der Waals surface area contributed by atoms with Crippen LogP contribution in [-0.4, -0.2) is 23.2 Å². The van der Waals surface area contributed by atoms with E-state index >= 15 is 0 Å². The van der Waals surface area contributed by atoms with Crippen LogP contribution in [-0.2, 0) is 13.0 Å². The lowest BCUT2D eigenvalue weighted by molar-refractivity contribution is 0.102. The zero-order valence-electron chi connectivity index (χ0n) is 15.6. The molecule has 0 saturated heterocycles. The highest BCUT2D eigenvalue weighted by Gasteiger charge is 2.23. The Hall–Kier alpha value is -2.43. The molecule has 0 bridgehead atoms. The first kappa shape index (κ1) is 17.4. The van der Waals surface area contributed by atoms with E-state index in [9.17, 15) is 4.79 Å². The Kier molecular flexibility index (Phi) is 4.75. The molecular weight excluding hydrogens is 316 g/mol. The number of aryl methyl sites for hydroxylation is 1. The van der Waals surface area contributed by atoms with Crippen molar-refractivity contribution in [1.29, 1.82) is 0 Å². The molecule has 0 saturated carbocycles. The molecule has 3 rings (SSSR count). The summed E-state index contributed by atoms with van der Waals surface area (Å²) in [6.45, 7) is 11.4. The minimum absolute atomic E-state index is 0.125. The van der Waals surface area contributed by atoms with E-state index in [1.54, 1.807) is 0 Å². The van der Waals surface area contributed by atoms with Crippen LogP contribution in [0.1, 0.15) is 48.1 Å². The molecule has 5 heteroatoms. The smallest absolute Gasteiger partial charge is 0.257 e. The van der Waals surface area contributed by atoms with Crippen LogP contribution in [0.5, 0.6) is 11.5 Å². The maximum absolute atomic E-state index is 12.8.